The molecule has 0 atom stereocenters. The number of hydrogen-bond acceptors (Lipinski definition) is 2. The van der Waals surface area contributed by atoms with Crippen molar-refractivity contribution in [2.24, 2.45) is 4.99 Å². The zero-order chi connectivity index (χ0) is 11.1. The molecule has 2 heteroatoms. The van der Waals surface area contributed by atoms with Gasteiger partial charge in [0.2, 0.25) is 0 Å². The van der Waals surface area contributed by atoms with Crippen molar-refractivity contribution >= 4 is 5.84 Å². The van der Waals surface area contributed by atoms with E-state index in [1.54, 1.807) is 0 Å². The number of rotatable bonds is 4. The first-order valence-electron chi connectivity index (χ1n) is 6.26. The predicted octanol–water partition coefficient (Wildman–Crippen LogP) is 2.79. The first kappa shape index (κ1) is 11.2. The number of hydrogen-bond donors (Lipinski definition) is 1. The molecule has 1 aliphatic heterocycles. The van der Waals surface area contributed by atoms with Gasteiger partial charge in [-0.05, 0) is 31.2 Å². The van der Waals surface area contributed by atoms with Crippen molar-refractivity contribution < 1.29 is 0 Å². The Kier molecular flexibility index (Phi) is 4.41. The fraction of sp³-hybridized carbons (Fsp3) is 0.500. The summed E-state index contributed by atoms with van der Waals surface area (Å²) in [5.41, 5.74) is 1.43. The molecule has 0 saturated carbocycles. The molecule has 0 unspecified atom stereocenters. The van der Waals surface area contributed by atoms with Crippen LogP contribution in [0.3, 0.4) is 0 Å². The number of aliphatic imine (C=N–C) groups is 1. The zero-order valence-corrected chi connectivity index (χ0v) is 9.78. The van der Waals surface area contributed by atoms with E-state index in [1.807, 2.05) is 0 Å². The summed E-state index contributed by atoms with van der Waals surface area (Å²) >= 11 is 0. The molecule has 0 fully saturated rings. The number of nitrogens with zero attached hydrogens (tertiary/aromatic N) is 1. The van der Waals surface area contributed by atoms with Crippen molar-refractivity contribution in [3.8, 4) is 0 Å². The van der Waals surface area contributed by atoms with Crippen LogP contribution < -0.4 is 5.32 Å². The highest BCUT2D eigenvalue weighted by Gasteiger charge is 2.03. The molecule has 1 aliphatic rings. The number of amidine groups is 1. The molecule has 1 aromatic rings. The number of benzene rings is 1. The van der Waals surface area contributed by atoms with Gasteiger partial charge in [0, 0.05) is 19.5 Å². The van der Waals surface area contributed by atoms with Crippen molar-refractivity contribution in [2.45, 2.75) is 32.1 Å². The Morgan fingerprint density at radius 3 is 2.75 bits per heavy atom. The molecular formula is C14H20N2. The fourth-order valence-electron chi connectivity index (χ4n) is 2.01. The van der Waals surface area contributed by atoms with Crippen LogP contribution in [0.25, 0.3) is 0 Å². The average molecular weight is 216 g/mol. The lowest BCUT2D eigenvalue weighted by Gasteiger charge is -2.13. The second kappa shape index (κ2) is 6.31. The summed E-state index contributed by atoms with van der Waals surface area (Å²) in [5.74, 6) is 1.22. The van der Waals surface area contributed by atoms with Crippen LogP contribution in [-0.2, 0) is 6.42 Å². The Labute approximate surface area is 97.8 Å². The van der Waals surface area contributed by atoms with Crippen LogP contribution in [0.4, 0.5) is 0 Å². The molecule has 0 aromatic heterocycles. The Balaban J connectivity index is 1.63. The van der Waals surface area contributed by atoms with E-state index in [2.05, 4.69) is 40.6 Å². The maximum Gasteiger partial charge on any atom is 0.0963 e. The van der Waals surface area contributed by atoms with Gasteiger partial charge in [0.1, 0.15) is 0 Å². The molecule has 0 spiro atoms. The van der Waals surface area contributed by atoms with E-state index in [9.17, 15) is 0 Å². The van der Waals surface area contributed by atoms with Crippen molar-refractivity contribution in [2.75, 3.05) is 13.1 Å². The van der Waals surface area contributed by atoms with Gasteiger partial charge in [0.05, 0.1) is 5.84 Å². The maximum atomic E-state index is 4.48. The van der Waals surface area contributed by atoms with Crippen LogP contribution in [0.1, 0.15) is 31.2 Å². The van der Waals surface area contributed by atoms with Crippen LogP contribution in [-0.4, -0.2) is 18.9 Å². The van der Waals surface area contributed by atoms with Crippen molar-refractivity contribution in [1.82, 2.24) is 5.32 Å². The monoisotopic (exact) mass is 216 g/mol. The molecule has 86 valence electrons. The van der Waals surface area contributed by atoms with Gasteiger partial charge in [-0.3, -0.25) is 4.99 Å². The van der Waals surface area contributed by atoms with Gasteiger partial charge >= 0.3 is 0 Å². The number of aryl methyl sites for hydroxylation is 1. The highest BCUT2D eigenvalue weighted by atomic mass is 15.0. The maximum absolute atomic E-state index is 4.48. The van der Waals surface area contributed by atoms with Crippen LogP contribution in [0.2, 0.25) is 0 Å². The van der Waals surface area contributed by atoms with Gasteiger partial charge in [-0.1, -0.05) is 30.3 Å². The quantitative estimate of drug-likeness (QED) is 0.769. The third-order valence-electron chi connectivity index (χ3n) is 2.94. The van der Waals surface area contributed by atoms with Gasteiger partial charge in [-0.25, -0.2) is 0 Å². The van der Waals surface area contributed by atoms with E-state index in [1.165, 1.54) is 30.7 Å². The van der Waals surface area contributed by atoms with E-state index >= 15 is 0 Å². The topological polar surface area (TPSA) is 24.4 Å². The highest BCUT2D eigenvalue weighted by Crippen LogP contribution is 2.05. The standard InChI is InChI=1S/C14H20N2/c1-2-7-13(8-3-1)9-6-12-16-14-10-4-5-11-15-14/h1-3,7-8H,4-6,9-12H2,(H,15,16). The van der Waals surface area contributed by atoms with Gasteiger partial charge < -0.3 is 5.32 Å². The molecule has 1 heterocycles. The molecule has 16 heavy (non-hydrogen) atoms. The second-order valence-corrected chi connectivity index (χ2v) is 4.30. The van der Waals surface area contributed by atoms with E-state index in [0.29, 0.717) is 0 Å². The smallest absolute Gasteiger partial charge is 0.0963 e. The lowest BCUT2D eigenvalue weighted by molar-refractivity contribution is 0.691. The normalized spacial score (nSPS) is 15.6. The Hall–Kier alpha value is -1.31. The van der Waals surface area contributed by atoms with Gasteiger partial charge in [-0.2, -0.15) is 0 Å². The zero-order valence-electron chi connectivity index (χ0n) is 9.78. The van der Waals surface area contributed by atoms with E-state index < -0.39 is 0 Å². The van der Waals surface area contributed by atoms with Crippen molar-refractivity contribution in [3.05, 3.63) is 35.9 Å². The summed E-state index contributed by atoms with van der Waals surface area (Å²) in [5, 5.41) is 3.44. The summed E-state index contributed by atoms with van der Waals surface area (Å²) in [4.78, 5) is 4.48. The van der Waals surface area contributed by atoms with Gasteiger partial charge in [-0.15, -0.1) is 0 Å². The van der Waals surface area contributed by atoms with Gasteiger partial charge in [0.25, 0.3) is 0 Å². The summed E-state index contributed by atoms with van der Waals surface area (Å²) in [7, 11) is 0. The van der Waals surface area contributed by atoms with E-state index in [-0.39, 0.29) is 0 Å². The average Bonchev–Trinajstić information content (AvgIpc) is 2.37. The fourth-order valence-corrected chi connectivity index (χ4v) is 2.01. The van der Waals surface area contributed by atoms with Gasteiger partial charge in [0.15, 0.2) is 0 Å². The molecule has 0 saturated heterocycles. The molecular weight excluding hydrogens is 196 g/mol. The molecule has 0 radical (unpaired) electrons. The molecule has 2 nitrogen and oxygen atoms in total. The minimum absolute atomic E-state index is 1.01. The Bertz CT molecular complexity index is 330. The van der Waals surface area contributed by atoms with Crippen LogP contribution in [0, 0.1) is 0 Å². The minimum Gasteiger partial charge on any atom is -0.374 e. The molecule has 2 rings (SSSR count). The number of nitrogens with one attached hydrogen (secondary N) is 1. The molecule has 1 N–H and O–H groups in total. The summed E-state index contributed by atoms with van der Waals surface area (Å²) in [6.07, 6.45) is 6.04. The Morgan fingerprint density at radius 2 is 2.00 bits per heavy atom. The largest absolute Gasteiger partial charge is 0.374 e. The van der Waals surface area contributed by atoms with Crippen molar-refractivity contribution in [1.29, 1.82) is 0 Å². The minimum atomic E-state index is 1.01. The third kappa shape index (κ3) is 3.69. The summed E-state index contributed by atoms with van der Waals surface area (Å²) in [6.45, 7) is 2.06. The van der Waals surface area contributed by atoms with Crippen molar-refractivity contribution in [3.63, 3.8) is 0 Å². The SMILES string of the molecule is c1ccc(CCCNC2=NCCCC2)cc1. The highest BCUT2D eigenvalue weighted by molar-refractivity contribution is 5.82. The lowest BCUT2D eigenvalue weighted by Crippen LogP contribution is -2.26. The van der Waals surface area contributed by atoms with Crippen LogP contribution >= 0.6 is 0 Å². The second-order valence-electron chi connectivity index (χ2n) is 4.30. The van der Waals surface area contributed by atoms with Crippen LogP contribution in [0.5, 0.6) is 0 Å². The molecule has 0 aliphatic carbocycles. The van der Waals surface area contributed by atoms with Crippen LogP contribution in [0.15, 0.2) is 35.3 Å². The molecule has 0 bridgehead atoms. The lowest BCUT2D eigenvalue weighted by atomic mass is 10.1. The summed E-state index contributed by atoms with van der Waals surface area (Å²) in [6, 6.07) is 10.7. The first-order valence-corrected chi connectivity index (χ1v) is 6.26. The third-order valence-corrected chi connectivity index (χ3v) is 2.94. The summed E-state index contributed by atoms with van der Waals surface area (Å²) < 4.78 is 0. The van der Waals surface area contributed by atoms with E-state index in [4.69, 9.17) is 0 Å². The molecule has 0 amide bonds. The molecule has 1 aromatic carbocycles. The first-order chi connectivity index (χ1) is 7.95. The predicted molar refractivity (Wildman–Crippen MR) is 68.9 cm³/mol. The van der Waals surface area contributed by atoms with E-state index in [0.717, 1.165) is 25.9 Å². The Morgan fingerprint density at radius 1 is 1.12 bits per heavy atom.